The number of rotatable bonds is 5. The monoisotopic (exact) mass is 232 g/mol. The normalized spacial score (nSPS) is 10.1. The van der Waals surface area contributed by atoms with E-state index >= 15 is 0 Å². The number of carbonyl (C=O) groups excluding carboxylic acids is 3. The Kier molecular flexibility index (Phi) is 4.62. The van der Waals surface area contributed by atoms with Gasteiger partial charge in [-0.2, -0.15) is 0 Å². The minimum Gasteiger partial charge on any atom is -0.352 e. The number of hydrogen-bond acceptors (Lipinski definition) is 3. The lowest BCUT2D eigenvalue weighted by molar-refractivity contribution is -0.133. The van der Waals surface area contributed by atoms with Crippen LogP contribution in [0.4, 0.5) is 4.79 Å². The smallest absolute Gasteiger partial charge is 0.312 e. The van der Waals surface area contributed by atoms with Gasteiger partial charge >= 0.3 is 6.03 Å². The molecule has 0 atom stereocenters. The van der Waals surface area contributed by atoms with Crippen molar-refractivity contribution in [3.63, 3.8) is 0 Å². The molecule has 0 aliphatic heterocycles. The molecule has 0 bridgehead atoms. The van der Waals surface area contributed by atoms with Crippen LogP contribution < -0.4 is 11.1 Å². The van der Waals surface area contributed by atoms with Gasteiger partial charge in [0.15, 0.2) is 0 Å². The molecule has 0 aliphatic carbocycles. The third kappa shape index (κ3) is 4.74. The Bertz CT molecular complexity index is 452. The Hall–Kier alpha value is -2.43. The van der Waals surface area contributed by atoms with Crippen LogP contribution in [0, 0.1) is 0 Å². The molecule has 0 saturated heterocycles. The molecule has 0 aliphatic rings. The van der Waals surface area contributed by atoms with Crippen molar-refractivity contribution in [3.05, 3.63) is 42.0 Å². The molecule has 0 unspecified atom stereocenters. The molecule has 0 aromatic heterocycles. The molecule has 0 spiro atoms. The number of primary amides is 1. The molecule has 0 heterocycles. The van der Waals surface area contributed by atoms with Gasteiger partial charge in [0.25, 0.3) is 0 Å². The third-order valence-corrected chi connectivity index (χ3v) is 1.92. The number of nitrogens with two attached hydrogens (primary N) is 1. The van der Waals surface area contributed by atoms with Crippen molar-refractivity contribution in [1.82, 2.24) is 5.32 Å². The quantitative estimate of drug-likeness (QED) is 0.572. The van der Waals surface area contributed by atoms with Gasteiger partial charge in [-0.15, -0.1) is 0 Å². The maximum absolute atomic E-state index is 11.3. The summed E-state index contributed by atoms with van der Waals surface area (Å²) in [4.78, 5) is 32.8. The molecule has 1 aromatic carbocycles. The van der Waals surface area contributed by atoms with E-state index in [2.05, 4.69) is 5.32 Å². The van der Waals surface area contributed by atoms with E-state index in [1.54, 1.807) is 12.1 Å². The molecule has 88 valence electrons. The van der Waals surface area contributed by atoms with Crippen LogP contribution in [0.3, 0.4) is 0 Å². The predicted molar refractivity (Wildman–Crippen MR) is 63.1 cm³/mol. The van der Waals surface area contributed by atoms with Crippen molar-refractivity contribution in [2.45, 2.75) is 0 Å². The molecule has 2 amide bonds. The topological polar surface area (TPSA) is 89.3 Å². The van der Waals surface area contributed by atoms with E-state index < -0.39 is 17.6 Å². The van der Waals surface area contributed by atoms with Crippen LogP contribution in [0.5, 0.6) is 0 Å². The van der Waals surface area contributed by atoms with Crippen molar-refractivity contribution in [2.75, 3.05) is 6.54 Å². The summed E-state index contributed by atoms with van der Waals surface area (Å²) >= 11 is 0. The second-order valence-electron chi connectivity index (χ2n) is 3.25. The number of hydrogen-bond donors (Lipinski definition) is 2. The van der Waals surface area contributed by atoms with Crippen LogP contribution in [0.15, 0.2) is 36.4 Å². The minimum atomic E-state index is -0.835. The van der Waals surface area contributed by atoms with Crippen LogP contribution in [0.1, 0.15) is 5.56 Å². The lowest BCUT2D eigenvalue weighted by Crippen LogP contribution is -2.36. The average Bonchev–Trinajstić information content (AvgIpc) is 2.34. The van der Waals surface area contributed by atoms with Gasteiger partial charge in [0.05, 0.1) is 6.54 Å². The number of ketones is 2. The lowest BCUT2D eigenvalue weighted by Gasteiger charge is -1.97. The zero-order chi connectivity index (χ0) is 12.7. The second kappa shape index (κ2) is 6.22. The highest BCUT2D eigenvalue weighted by Gasteiger charge is 2.10. The summed E-state index contributed by atoms with van der Waals surface area (Å²) < 4.78 is 0. The number of amides is 2. The summed E-state index contributed by atoms with van der Waals surface area (Å²) in [7, 11) is 0. The predicted octanol–water partition coefficient (Wildman–Crippen LogP) is 0.506. The summed E-state index contributed by atoms with van der Waals surface area (Å²) in [6.45, 7) is -0.382. The summed E-state index contributed by atoms with van der Waals surface area (Å²) in [5, 5.41) is 2.06. The van der Waals surface area contributed by atoms with Crippen LogP contribution >= 0.6 is 0 Å². The van der Waals surface area contributed by atoms with Crippen molar-refractivity contribution in [3.8, 4) is 0 Å². The highest BCUT2D eigenvalue weighted by Crippen LogP contribution is 2.00. The average molecular weight is 232 g/mol. The fourth-order valence-electron chi connectivity index (χ4n) is 1.08. The van der Waals surface area contributed by atoms with Gasteiger partial charge in [-0.25, -0.2) is 4.79 Å². The van der Waals surface area contributed by atoms with Gasteiger partial charge in [-0.1, -0.05) is 36.4 Å². The first-order valence-corrected chi connectivity index (χ1v) is 4.93. The lowest BCUT2D eigenvalue weighted by atomic mass is 10.1. The van der Waals surface area contributed by atoms with E-state index in [9.17, 15) is 14.4 Å². The van der Waals surface area contributed by atoms with Crippen LogP contribution in [0.2, 0.25) is 0 Å². The minimum absolute atomic E-state index is 0.382. The number of urea groups is 1. The second-order valence-corrected chi connectivity index (χ2v) is 3.25. The van der Waals surface area contributed by atoms with E-state index in [0.717, 1.165) is 5.56 Å². The van der Waals surface area contributed by atoms with Crippen LogP contribution in [-0.4, -0.2) is 24.1 Å². The van der Waals surface area contributed by atoms with Gasteiger partial charge in [-0.05, 0) is 11.6 Å². The first-order valence-electron chi connectivity index (χ1n) is 4.93. The fourth-order valence-corrected chi connectivity index (χ4v) is 1.08. The molecule has 1 rings (SSSR count). The van der Waals surface area contributed by atoms with E-state index in [-0.39, 0.29) is 6.54 Å². The number of allylic oxidation sites excluding steroid dienone is 1. The summed E-state index contributed by atoms with van der Waals surface area (Å²) in [5.41, 5.74) is 5.59. The molecule has 0 radical (unpaired) electrons. The van der Waals surface area contributed by atoms with Gasteiger partial charge in [0.1, 0.15) is 0 Å². The molecular formula is C12H12N2O3. The van der Waals surface area contributed by atoms with Crippen molar-refractivity contribution < 1.29 is 14.4 Å². The largest absolute Gasteiger partial charge is 0.352 e. The molecule has 0 fully saturated rings. The zero-order valence-corrected chi connectivity index (χ0v) is 9.05. The van der Waals surface area contributed by atoms with Gasteiger partial charge in [0.2, 0.25) is 11.6 Å². The molecule has 0 saturated carbocycles. The van der Waals surface area contributed by atoms with Gasteiger partial charge < -0.3 is 11.1 Å². The van der Waals surface area contributed by atoms with E-state index in [1.807, 2.05) is 18.2 Å². The number of nitrogens with one attached hydrogen (secondary N) is 1. The molecular weight excluding hydrogens is 220 g/mol. The molecule has 5 heteroatoms. The van der Waals surface area contributed by atoms with E-state index in [0.29, 0.717) is 0 Å². The van der Waals surface area contributed by atoms with Gasteiger partial charge in [-0.3, -0.25) is 9.59 Å². The number of benzene rings is 1. The maximum Gasteiger partial charge on any atom is 0.312 e. The maximum atomic E-state index is 11.3. The Morgan fingerprint density at radius 1 is 1.18 bits per heavy atom. The van der Waals surface area contributed by atoms with Gasteiger partial charge in [0, 0.05) is 0 Å². The van der Waals surface area contributed by atoms with E-state index in [4.69, 9.17) is 5.73 Å². The van der Waals surface area contributed by atoms with Crippen LogP contribution in [-0.2, 0) is 9.59 Å². The summed E-state index contributed by atoms with van der Waals surface area (Å²) in [6.07, 6.45) is 2.70. The zero-order valence-electron chi connectivity index (χ0n) is 9.05. The van der Waals surface area contributed by atoms with Crippen LogP contribution in [0.25, 0.3) is 6.08 Å². The number of carbonyl (C=O) groups is 3. The third-order valence-electron chi connectivity index (χ3n) is 1.92. The fraction of sp³-hybridized carbons (Fsp3) is 0.0833. The highest BCUT2D eigenvalue weighted by molar-refractivity contribution is 6.43. The van der Waals surface area contributed by atoms with Crippen molar-refractivity contribution in [2.24, 2.45) is 5.73 Å². The Morgan fingerprint density at radius 3 is 2.41 bits per heavy atom. The summed E-state index contributed by atoms with van der Waals surface area (Å²) in [5.74, 6) is -1.39. The van der Waals surface area contributed by atoms with E-state index in [1.165, 1.54) is 12.2 Å². The summed E-state index contributed by atoms with van der Waals surface area (Å²) in [6, 6.07) is 8.26. The first-order chi connectivity index (χ1) is 8.09. The molecule has 17 heavy (non-hydrogen) atoms. The highest BCUT2D eigenvalue weighted by atomic mass is 16.2. The Balaban J connectivity index is 2.52. The first kappa shape index (κ1) is 12.6. The Morgan fingerprint density at radius 2 is 1.82 bits per heavy atom. The molecule has 5 nitrogen and oxygen atoms in total. The van der Waals surface area contributed by atoms with Crippen molar-refractivity contribution >= 4 is 23.7 Å². The molecule has 1 aromatic rings. The van der Waals surface area contributed by atoms with Crippen molar-refractivity contribution in [1.29, 1.82) is 0 Å². The number of Topliss-reactive ketones (excluding diaryl/α,β-unsaturated/α-hetero) is 1. The Labute approximate surface area is 98.3 Å². The molecule has 3 N–H and O–H groups in total. The SMILES string of the molecule is NC(=O)NCC(=O)C(=O)/C=C/c1ccccc1. The standard InChI is InChI=1S/C12H12N2O3/c13-12(17)14-8-11(16)10(15)7-6-9-4-2-1-3-5-9/h1-7H,8H2,(H3,13,14,17)/b7-6+.